The maximum absolute atomic E-state index is 13.9. The molecule has 0 aliphatic heterocycles. The van der Waals surface area contributed by atoms with E-state index in [9.17, 15) is 18.4 Å². The summed E-state index contributed by atoms with van der Waals surface area (Å²) in [6.45, 7) is 2.02. The first-order valence-electron chi connectivity index (χ1n) is 8.61. The standard InChI is InChI=1S/C21H19F2NO3/c1-3-12-5-4-6-14-17(11-24-20(12)14)16(21(26)27-2)10-19(25)15-8-7-13(22)9-18(15)23/h4-9,11,16,24H,3,10H2,1-2H3. The van der Waals surface area contributed by atoms with Crippen molar-refractivity contribution < 1.29 is 23.1 Å². The molecule has 1 aromatic heterocycles. The molecule has 0 radical (unpaired) electrons. The second-order valence-electron chi connectivity index (χ2n) is 6.26. The number of para-hydroxylation sites is 1. The molecule has 0 aliphatic rings. The van der Waals surface area contributed by atoms with Crippen molar-refractivity contribution in [2.75, 3.05) is 7.11 Å². The fourth-order valence-electron chi connectivity index (χ4n) is 3.30. The highest BCUT2D eigenvalue weighted by Gasteiger charge is 2.29. The van der Waals surface area contributed by atoms with Gasteiger partial charge in [0.2, 0.25) is 0 Å². The lowest BCUT2D eigenvalue weighted by Gasteiger charge is -2.14. The van der Waals surface area contributed by atoms with E-state index >= 15 is 0 Å². The predicted octanol–water partition coefficient (Wildman–Crippen LogP) is 4.54. The number of fused-ring (bicyclic) bond motifs is 1. The zero-order chi connectivity index (χ0) is 19.6. The van der Waals surface area contributed by atoms with Crippen LogP contribution >= 0.6 is 0 Å². The van der Waals surface area contributed by atoms with Crippen LogP contribution in [-0.4, -0.2) is 23.8 Å². The molecule has 0 fully saturated rings. The number of methoxy groups -OCH3 is 1. The highest BCUT2D eigenvalue weighted by molar-refractivity contribution is 6.01. The van der Waals surface area contributed by atoms with Gasteiger partial charge in [0.05, 0.1) is 18.6 Å². The number of ketones is 1. The van der Waals surface area contributed by atoms with Crippen molar-refractivity contribution in [3.8, 4) is 0 Å². The summed E-state index contributed by atoms with van der Waals surface area (Å²) >= 11 is 0. The molecule has 0 spiro atoms. The summed E-state index contributed by atoms with van der Waals surface area (Å²) in [6.07, 6.45) is 2.21. The SMILES string of the molecule is CCc1cccc2c(C(CC(=O)c3ccc(F)cc3F)C(=O)OC)c[nH]c12. The predicted molar refractivity (Wildman–Crippen MR) is 97.7 cm³/mol. The Morgan fingerprint density at radius 3 is 2.63 bits per heavy atom. The summed E-state index contributed by atoms with van der Waals surface area (Å²) in [5.41, 5.74) is 2.34. The average Bonchev–Trinajstić information content (AvgIpc) is 3.09. The number of hydrogen-bond donors (Lipinski definition) is 1. The van der Waals surface area contributed by atoms with Gasteiger partial charge in [0, 0.05) is 29.6 Å². The molecule has 1 atom stereocenters. The van der Waals surface area contributed by atoms with Gasteiger partial charge in [0.15, 0.2) is 5.78 Å². The first-order valence-corrected chi connectivity index (χ1v) is 8.61. The van der Waals surface area contributed by atoms with Gasteiger partial charge >= 0.3 is 5.97 Å². The lowest BCUT2D eigenvalue weighted by Crippen LogP contribution is -2.18. The first-order chi connectivity index (χ1) is 13.0. The first kappa shape index (κ1) is 18.8. The Kier molecular flexibility index (Phi) is 5.35. The molecule has 0 bridgehead atoms. The maximum atomic E-state index is 13.9. The van der Waals surface area contributed by atoms with Crippen molar-refractivity contribution in [2.24, 2.45) is 0 Å². The van der Waals surface area contributed by atoms with E-state index in [0.717, 1.165) is 35.0 Å². The quantitative estimate of drug-likeness (QED) is 0.511. The van der Waals surface area contributed by atoms with Gasteiger partial charge in [-0.15, -0.1) is 0 Å². The highest BCUT2D eigenvalue weighted by Crippen LogP contribution is 2.32. The number of rotatable bonds is 6. The molecule has 27 heavy (non-hydrogen) atoms. The molecule has 2 aromatic carbocycles. The van der Waals surface area contributed by atoms with Gasteiger partial charge in [-0.2, -0.15) is 0 Å². The molecule has 1 N–H and O–H groups in total. The molecular weight excluding hydrogens is 352 g/mol. The van der Waals surface area contributed by atoms with Gasteiger partial charge in [-0.1, -0.05) is 25.1 Å². The van der Waals surface area contributed by atoms with Crippen molar-refractivity contribution in [3.05, 3.63) is 70.9 Å². The molecular formula is C21H19F2NO3. The zero-order valence-electron chi connectivity index (χ0n) is 15.0. The van der Waals surface area contributed by atoms with Crippen LogP contribution < -0.4 is 0 Å². The normalized spacial score (nSPS) is 12.1. The van der Waals surface area contributed by atoms with Gasteiger partial charge in [0.25, 0.3) is 0 Å². The summed E-state index contributed by atoms with van der Waals surface area (Å²) < 4.78 is 31.9. The van der Waals surface area contributed by atoms with Crippen molar-refractivity contribution in [1.29, 1.82) is 0 Å². The van der Waals surface area contributed by atoms with Crippen molar-refractivity contribution in [2.45, 2.75) is 25.7 Å². The number of aromatic nitrogens is 1. The van der Waals surface area contributed by atoms with E-state index in [2.05, 4.69) is 4.98 Å². The Labute approximate surface area is 155 Å². The van der Waals surface area contributed by atoms with Crippen LogP contribution in [0.5, 0.6) is 0 Å². The molecule has 1 unspecified atom stereocenters. The Morgan fingerprint density at radius 2 is 1.96 bits per heavy atom. The monoisotopic (exact) mass is 371 g/mol. The van der Waals surface area contributed by atoms with Crippen LogP contribution in [0.4, 0.5) is 8.78 Å². The fraction of sp³-hybridized carbons (Fsp3) is 0.238. The molecule has 0 saturated heterocycles. The molecule has 0 saturated carbocycles. The third-order valence-electron chi connectivity index (χ3n) is 4.70. The van der Waals surface area contributed by atoms with Gasteiger partial charge < -0.3 is 9.72 Å². The zero-order valence-corrected chi connectivity index (χ0v) is 15.0. The molecule has 1 heterocycles. The number of H-pyrrole nitrogens is 1. The van der Waals surface area contributed by atoms with Crippen LogP contribution in [0.2, 0.25) is 0 Å². The lowest BCUT2D eigenvalue weighted by atomic mass is 9.90. The molecule has 140 valence electrons. The van der Waals surface area contributed by atoms with Crippen LogP contribution in [0.15, 0.2) is 42.6 Å². The van der Waals surface area contributed by atoms with E-state index in [4.69, 9.17) is 4.74 Å². The van der Waals surface area contributed by atoms with E-state index in [1.54, 1.807) is 6.20 Å². The topological polar surface area (TPSA) is 59.2 Å². The maximum Gasteiger partial charge on any atom is 0.313 e. The van der Waals surface area contributed by atoms with E-state index in [1.165, 1.54) is 7.11 Å². The number of aromatic amines is 1. The summed E-state index contributed by atoms with van der Waals surface area (Å²) in [4.78, 5) is 28.1. The summed E-state index contributed by atoms with van der Waals surface area (Å²) in [6, 6.07) is 8.48. The summed E-state index contributed by atoms with van der Waals surface area (Å²) in [7, 11) is 1.24. The number of halogens is 2. The van der Waals surface area contributed by atoms with Crippen LogP contribution in [-0.2, 0) is 16.0 Å². The third kappa shape index (κ3) is 3.60. The second-order valence-corrected chi connectivity index (χ2v) is 6.26. The molecule has 0 amide bonds. The van der Waals surface area contributed by atoms with Gasteiger partial charge in [-0.05, 0) is 29.7 Å². The van der Waals surface area contributed by atoms with E-state index in [1.807, 2.05) is 25.1 Å². The van der Waals surface area contributed by atoms with Crippen LogP contribution in [0, 0.1) is 11.6 Å². The van der Waals surface area contributed by atoms with E-state index in [0.29, 0.717) is 11.6 Å². The summed E-state index contributed by atoms with van der Waals surface area (Å²) in [5.74, 6) is -3.79. The molecule has 0 aliphatic carbocycles. The molecule has 3 aromatic rings. The second kappa shape index (κ2) is 7.70. The van der Waals surface area contributed by atoms with Crippen molar-refractivity contribution >= 4 is 22.7 Å². The van der Waals surface area contributed by atoms with Crippen molar-refractivity contribution in [1.82, 2.24) is 4.98 Å². The number of Topliss-reactive ketones (excluding diaryl/α,β-unsaturated/α-hetero) is 1. The number of nitrogens with one attached hydrogen (secondary N) is 1. The van der Waals surface area contributed by atoms with E-state index < -0.39 is 29.3 Å². The Morgan fingerprint density at radius 1 is 1.19 bits per heavy atom. The minimum absolute atomic E-state index is 0.251. The number of carbonyl (C=O) groups excluding carboxylic acids is 2. The van der Waals surface area contributed by atoms with Crippen LogP contribution in [0.25, 0.3) is 10.9 Å². The highest BCUT2D eigenvalue weighted by atomic mass is 19.1. The average molecular weight is 371 g/mol. The van der Waals surface area contributed by atoms with Gasteiger partial charge in [-0.3, -0.25) is 9.59 Å². The third-order valence-corrected chi connectivity index (χ3v) is 4.70. The minimum atomic E-state index is -0.948. The summed E-state index contributed by atoms with van der Waals surface area (Å²) in [5, 5.41) is 0.817. The molecule has 6 heteroatoms. The van der Waals surface area contributed by atoms with Crippen molar-refractivity contribution in [3.63, 3.8) is 0 Å². The molecule has 3 rings (SSSR count). The number of ether oxygens (including phenoxy) is 1. The van der Waals surface area contributed by atoms with Crippen LogP contribution in [0.1, 0.15) is 40.7 Å². The number of carbonyl (C=O) groups is 2. The minimum Gasteiger partial charge on any atom is -0.469 e. The number of benzene rings is 2. The number of aryl methyl sites for hydroxylation is 1. The number of esters is 1. The smallest absolute Gasteiger partial charge is 0.313 e. The van der Waals surface area contributed by atoms with E-state index in [-0.39, 0.29) is 12.0 Å². The van der Waals surface area contributed by atoms with Crippen LogP contribution in [0.3, 0.4) is 0 Å². The Hall–Kier alpha value is -3.02. The largest absolute Gasteiger partial charge is 0.469 e. The Bertz CT molecular complexity index is 1010. The lowest BCUT2D eigenvalue weighted by molar-refractivity contribution is -0.142. The van der Waals surface area contributed by atoms with Gasteiger partial charge in [0.1, 0.15) is 11.6 Å². The van der Waals surface area contributed by atoms with Gasteiger partial charge in [-0.25, -0.2) is 8.78 Å². The fourth-order valence-corrected chi connectivity index (χ4v) is 3.30. The Balaban J connectivity index is 2.00. The molecule has 4 nitrogen and oxygen atoms in total. The number of hydrogen-bond acceptors (Lipinski definition) is 3.